The van der Waals surface area contributed by atoms with Gasteiger partial charge < -0.3 is 0 Å². The van der Waals surface area contributed by atoms with Crippen LogP contribution in [0.3, 0.4) is 0 Å². The first kappa shape index (κ1) is 11.7. The predicted octanol–water partition coefficient (Wildman–Crippen LogP) is 3.92. The molecule has 78 valence electrons. The molecule has 0 heterocycles. The molecule has 0 saturated carbocycles. The zero-order valence-corrected chi connectivity index (χ0v) is 10.8. The summed E-state index contributed by atoms with van der Waals surface area (Å²) >= 11 is 0. The Bertz CT molecular complexity index is 264. The second-order valence-electron chi connectivity index (χ2n) is 4.43. The molecule has 0 N–H and O–H groups in total. The van der Waals surface area contributed by atoms with Crippen LogP contribution in [0.1, 0.15) is 33.3 Å². The lowest BCUT2D eigenvalue weighted by Gasteiger charge is -2.26. The lowest BCUT2D eigenvalue weighted by molar-refractivity contribution is 1.02. The molecule has 14 heavy (non-hydrogen) atoms. The molecule has 0 nitrogen and oxygen atoms in total. The van der Waals surface area contributed by atoms with Gasteiger partial charge in [0.05, 0.1) is 0 Å². The second-order valence-corrected chi connectivity index (χ2v) is 7.83. The fourth-order valence-corrected chi connectivity index (χ4v) is 4.79. The number of hydrogen-bond donors (Lipinski definition) is 0. The second kappa shape index (κ2) is 4.94. The van der Waals surface area contributed by atoms with Gasteiger partial charge in [0.25, 0.3) is 0 Å². The Labute approximate surface area is 89.5 Å². The van der Waals surface area contributed by atoms with Crippen molar-refractivity contribution in [3.05, 3.63) is 29.8 Å². The van der Waals surface area contributed by atoms with Crippen LogP contribution in [0.2, 0.25) is 0 Å². The molecule has 0 radical (unpaired) electrons. The molecule has 0 unspecified atom stereocenters. The number of benzene rings is 1. The minimum Gasteiger partial charge on any atom is -0.0701 e. The quantitative estimate of drug-likeness (QED) is 0.660. The van der Waals surface area contributed by atoms with E-state index in [1.54, 1.807) is 5.30 Å². The van der Waals surface area contributed by atoms with Crippen LogP contribution < -0.4 is 5.30 Å². The van der Waals surface area contributed by atoms with Crippen LogP contribution in [0.25, 0.3) is 0 Å². The van der Waals surface area contributed by atoms with Gasteiger partial charge in [-0.05, 0) is 23.5 Å². The Morgan fingerprint density at radius 2 is 1.29 bits per heavy atom. The summed E-state index contributed by atoms with van der Waals surface area (Å²) in [4.78, 5) is 0. The molecule has 0 bridgehead atoms. The van der Waals surface area contributed by atoms with Gasteiger partial charge in [0.2, 0.25) is 0 Å². The van der Waals surface area contributed by atoms with Crippen LogP contribution >= 0.6 is 7.92 Å². The van der Waals surface area contributed by atoms with Crippen LogP contribution in [-0.4, -0.2) is 11.3 Å². The van der Waals surface area contributed by atoms with Crippen molar-refractivity contribution in [2.75, 3.05) is 0 Å². The van der Waals surface area contributed by atoms with E-state index in [0.29, 0.717) is 0 Å². The van der Waals surface area contributed by atoms with E-state index in [9.17, 15) is 0 Å². The highest BCUT2D eigenvalue weighted by Gasteiger charge is 2.18. The van der Waals surface area contributed by atoms with Crippen molar-refractivity contribution >= 4 is 13.2 Å². The van der Waals surface area contributed by atoms with E-state index in [-0.39, 0.29) is 7.92 Å². The summed E-state index contributed by atoms with van der Waals surface area (Å²) in [7, 11) is 0.0138. The van der Waals surface area contributed by atoms with Gasteiger partial charge in [-0.2, -0.15) is 0 Å². The maximum absolute atomic E-state index is 2.34. The summed E-state index contributed by atoms with van der Waals surface area (Å²) in [6.07, 6.45) is 0. The maximum Gasteiger partial charge on any atom is -0.0223 e. The summed E-state index contributed by atoms with van der Waals surface area (Å²) in [5.74, 6) is 0. The van der Waals surface area contributed by atoms with Gasteiger partial charge in [-0.3, -0.25) is 0 Å². The molecular formula is C13H21P. The predicted molar refractivity (Wildman–Crippen MR) is 68.0 cm³/mol. The highest BCUT2D eigenvalue weighted by Crippen LogP contribution is 2.44. The lowest BCUT2D eigenvalue weighted by Crippen LogP contribution is -2.14. The van der Waals surface area contributed by atoms with Crippen molar-refractivity contribution in [3.63, 3.8) is 0 Å². The molecule has 0 amide bonds. The molecule has 0 fully saturated rings. The molecular weight excluding hydrogens is 187 g/mol. The minimum atomic E-state index is 0.0138. The third-order valence-electron chi connectivity index (χ3n) is 2.44. The molecule has 0 aliphatic heterocycles. The molecule has 1 aromatic rings. The van der Waals surface area contributed by atoms with Crippen molar-refractivity contribution in [2.24, 2.45) is 0 Å². The van der Waals surface area contributed by atoms with Crippen molar-refractivity contribution < 1.29 is 0 Å². The van der Waals surface area contributed by atoms with Gasteiger partial charge in [-0.15, -0.1) is 0 Å². The average molecular weight is 208 g/mol. The first-order valence-corrected chi connectivity index (χ1v) is 6.85. The van der Waals surface area contributed by atoms with Gasteiger partial charge in [-0.1, -0.05) is 65.4 Å². The Balaban J connectivity index is 2.94. The average Bonchev–Trinajstić information content (AvgIpc) is 2.07. The van der Waals surface area contributed by atoms with E-state index in [1.165, 1.54) is 5.56 Å². The zero-order valence-electron chi connectivity index (χ0n) is 9.91. The van der Waals surface area contributed by atoms with Crippen molar-refractivity contribution in [1.82, 2.24) is 0 Å². The van der Waals surface area contributed by atoms with Gasteiger partial charge in [0.15, 0.2) is 0 Å². The lowest BCUT2D eigenvalue weighted by atomic mass is 10.2. The third-order valence-corrected chi connectivity index (χ3v) is 5.56. The normalized spacial score (nSPS) is 11.7. The molecule has 0 atom stereocenters. The SMILES string of the molecule is Cc1ccc(P(C(C)C)C(C)C)cc1. The van der Waals surface area contributed by atoms with Gasteiger partial charge in [0.1, 0.15) is 0 Å². The van der Waals surface area contributed by atoms with Crippen LogP contribution in [0.5, 0.6) is 0 Å². The van der Waals surface area contributed by atoms with Crippen LogP contribution in [-0.2, 0) is 0 Å². The van der Waals surface area contributed by atoms with Crippen molar-refractivity contribution in [1.29, 1.82) is 0 Å². The molecule has 0 aliphatic rings. The Morgan fingerprint density at radius 1 is 0.857 bits per heavy atom. The van der Waals surface area contributed by atoms with E-state index < -0.39 is 0 Å². The summed E-state index contributed by atoms with van der Waals surface area (Å²) in [5.41, 5.74) is 2.93. The minimum absolute atomic E-state index is 0.0138. The molecule has 1 rings (SSSR count). The fourth-order valence-electron chi connectivity index (χ4n) is 1.91. The van der Waals surface area contributed by atoms with E-state index in [0.717, 1.165) is 11.3 Å². The number of aryl methyl sites for hydroxylation is 1. The number of rotatable bonds is 3. The van der Waals surface area contributed by atoms with Crippen molar-refractivity contribution in [2.45, 2.75) is 45.9 Å². The molecule has 1 heteroatoms. The topological polar surface area (TPSA) is 0 Å². The number of hydrogen-bond acceptors (Lipinski definition) is 0. The standard InChI is InChI=1S/C13H21P/c1-10(2)14(11(3)4)13-8-6-12(5)7-9-13/h6-11H,1-5H3. The van der Waals surface area contributed by atoms with Gasteiger partial charge >= 0.3 is 0 Å². The third kappa shape index (κ3) is 2.82. The highest BCUT2D eigenvalue weighted by atomic mass is 31.1. The first-order valence-electron chi connectivity index (χ1n) is 5.37. The summed E-state index contributed by atoms with van der Waals surface area (Å²) in [5, 5.41) is 1.55. The largest absolute Gasteiger partial charge is 0.0701 e. The first-order chi connectivity index (χ1) is 6.52. The summed E-state index contributed by atoms with van der Waals surface area (Å²) in [6.45, 7) is 11.5. The van der Waals surface area contributed by atoms with E-state index in [2.05, 4.69) is 58.9 Å². The monoisotopic (exact) mass is 208 g/mol. The fraction of sp³-hybridized carbons (Fsp3) is 0.538. The molecule has 0 aromatic heterocycles. The smallest absolute Gasteiger partial charge is 0.0223 e. The van der Waals surface area contributed by atoms with Gasteiger partial charge in [0, 0.05) is 0 Å². The zero-order chi connectivity index (χ0) is 10.7. The summed E-state index contributed by atoms with van der Waals surface area (Å²) < 4.78 is 0. The van der Waals surface area contributed by atoms with E-state index in [1.807, 2.05) is 0 Å². The van der Waals surface area contributed by atoms with Crippen LogP contribution in [0.15, 0.2) is 24.3 Å². The van der Waals surface area contributed by atoms with Crippen LogP contribution in [0.4, 0.5) is 0 Å². The molecule has 0 aliphatic carbocycles. The summed E-state index contributed by atoms with van der Waals surface area (Å²) in [6, 6.07) is 9.08. The molecule has 0 saturated heterocycles. The van der Waals surface area contributed by atoms with E-state index >= 15 is 0 Å². The highest BCUT2D eigenvalue weighted by molar-refractivity contribution is 7.66. The van der Waals surface area contributed by atoms with Gasteiger partial charge in [-0.25, -0.2) is 0 Å². The van der Waals surface area contributed by atoms with E-state index in [4.69, 9.17) is 0 Å². The molecule has 0 spiro atoms. The maximum atomic E-state index is 2.34. The molecule has 1 aromatic carbocycles. The Kier molecular flexibility index (Phi) is 4.13. The van der Waals surface area contributed by atoms with Crippen LogP contribution in [0, 0.1) is 6.92 Å². The Hall–Kier alpha value is -0.350. The Morgan fingerprint density at radius 3 is 1.64 bits per heavy atom. The van der Waals surface area contributed by atoms with Crippen molar-refractivity contribution in [3.8, 4) is 0 Å².